The third kappa shape index (κ3) is 5.85. The van der Waals surface area contributed by atoms with E-state index >= 15 is 0 Å². The molecule has 11 heteroatoms. The molecule has 0 saturated carbocycles. The van der Waals surface area contributed by atoms with Gasteiger partial charge in [0.1, 0.15) is 17.2 Å². The Morgan fingerprint density at radius 1 is 1.44 bits per heavy atom. The van der Waals surface area contributed by atoms with Gasteiger partial charge in [-0.05, 0) is 19.1 Å². The second-order valence-corrected chi connectivity index (χ2v) is 7.49. The molecule has 6 nitrogen and oxygen atoms in total. The molecule has 0 aliphatic rings. The zero-order valence-electron chi connectivity index (χ0n) is 14.4. The number of hydrogen-bond donors (Lipinski definition) is 0. The highest BCUT2D eigenvalue weighted by Gasteiger charge is 2.27. The highest BCUT2D eigenvalue weighted by Crippen LogP contribution is 2.26. The van der Waals surface area contributed by atoms with Crippen LogP contribution in [0.15, 0.2) is 30.7 Å². The molecule has 2 aromatic heterocycles. The Hall–Kier alpha value is -1.78. The number of aromatic nitrogens is 3. The minimum Gasteiger partial charge on any atom is -0.616 e. The van der Waals surface area contributed by atoms with Crippen LogP contribution in [0.4, 0.5) is 18.9 Å². The molecule has 2 atom stereocenters. The van der Waals surface area contributed by atoms with Gasteiger partial charge in [0.25, 0.3) is 6.43 Å². The Morgan fingerprint density at radius 2 is 2.19 bits per heavy atom. The summed E-state index contributed by atoms with van der Waals surface area (Å²) in [4.78, 5) is 17.8. The Morgan fingerprint density at radius 3 is 2.78 bits per heavy atom. The summed E-state index contributed by atoms with van der Waals surface area (Å²) in [6.07, 6.45) is -1.10. The first kappa shape index (κ1) is 21.5. The molecule has 0 N–H and O–H groups in total. The highest BCUT2D eigenvalue weighted by atomic mass is 35.5. The molecule has 2 aromatic rings. The minimum absolute atomic E-state index is 0.0942. The van der Waals surface area contributed by atoms with Gasteiger partial charge in [0.2, 0.25) is 12.1 Å². The summed E-state index contributed by atoms with van der Waals surface area (Å²) in [6, 6.07) is 3.48. The van der Waals surface area contributed by atoms with Gasteiger partial charge in [-0.1, -0.05) is 22.8 Å². The molecule has 0 bridgehead atoms. The van der Waals surface area contributed by atoms with Crippen LogP contribution in [0.5, 0.6) is 0 Å². The normalized spacial score (nSPS) is 13.6. The topological polar surface area (TPSA) is 74.1 Å². The Balaban J connectivity index is 2.04. The number of carbonyl (C=O) groups excluding carboxylic acids is 1. The molecule has 0 saturated heterocycles. The second-order valence-electron chi connectivity index (χ2n) is 5.51. The number of amides is 1. The third-order valence-corrected chi connectivity index (χ3v) is 5.25. The summed E-state index contributed by atoms with van der Waals surface area (Å²) in [5.41, 5.74) is 1.01. The van der Waals surface area contributed by atoms with E-state index in [0.717, 1.165) is 0 Å². The summed E-state index contributed by atoms with van der Waals surface area (Å²) in [6.45, 7) is 1.99. The third-order valence-electron chi connectivity index (χ3n) is 3.63. The lowest BCUT2D eigenvalue weighted by molar-refractivity contribution is -0.118. The fourth-order valence-corrected chi connectivity index (χ4v) is 3.60. The Labute approximate surface area is 162 Å². The van der Waals surface area contributed by atoms with Crippen molar-refractivity contribution >= 4 is 34.4 Å². The zero-order chi connectivity index (χ0) is 20.0. The number of alkyl halides is 3. The molecule has 0 aromatic carbocycles. The SMILES string of the molecule is CCN(C(=O)CC[S+]([O-])CC(F)C(F)F)c1cn(-c2cccnc2)nc1Cl. The number of pyridine rings is 1. The van der Waals surface area contributed by atoms with Crippen molar-refractivity contribution in [2.45, 2.75) is 25.9 Å². The van der Waals surface area contributed by atoms with E-state index in [1.807, 2.05) is 0 Å². The highest BCUT2D eigenvalue weighted by molar-refractivity contribution is 7.91. The van der Waals surface area contributed by atoms with Crippen molar-refractivity contribution < 1.29 is 22.5 Å². The molecular formula is C16H18ClF3N4O2S. The van der Waals surface area contributed by atoms with Crippen LogP contribution in [-0.4, -0.2) is 55.9 Å². The predicted molar refractivity (Wildman–Crippen MR) is 97.8 cm³/mol. The summed E-state index contributed by atoms with van der Waals surface area (Å²) in [5.74, 6) is -1.42. The van der Waals surface area contributed by atoms with Crippen LogP contribution in [0, 0.1) is 0 Å². The molecule has 0 radical (unpaired) electrons. The zero-order valence-corrected chi connectivity index (χ0v) is 16.0. The van der Waals surface area contributed by atoms with E-state index in [2.05, 4.69) is 10.1 Å². The van der Waals surface area contributed by atoms with E-state index in [-0.39, 0.29) is 23.9 Å². The lowest BCUT2D eigenvalue weighted by atomic mass is 10.3. The molecular weight excluding hydrogens is 405 g/mol. The monoisotopic (exact) mass is 422 g/mol. The van der Waals surface area contributed by atoms with Crippen molar-refractivity contribution in [1.82, 2.24) is 14.8 Å². The van der Waals surface area contributed by atoms with Gasteiger partial charge in [0, 0.05) is 12.7 Å². The van der Waals surface area contributed by atoms with Gasteiger partial charge >= 0.3 is 0 Å². The molecule has 0 aliphatic heterocycles. The van der Waals surface area contributed by atoms with Gasteiger partial charge in [-0.3, -0.25) is 9.78 Å². The molecule has 2 rings (SSSR count). The first-order valence-corrected chi connectivity index (χ1v) is 9.93. The Bertz CT molecular complexity index is 751. The molecule has 27 heavy (non-hydrogen) atoms. The van der Waals surface area contributed by atoms with Crippen molar-refractivity contribution in [3.8, 4) is 5.69 Å². The molecule has 148 valence electrons. The number of anilines is 1. The van der Waals surface area contributed by atoms with E-state index in [1.54, 1.807) is 37.6 Å². The van der Waals surface area contributed by atoms with Crippen LogP contribution in [0.3, 0.4) is 0 Å². The van der Waals surface area contributed by atoms with Crippen LogP contribution in [-0.2, 0) is 16.0 Å². The van der Waals surface area contributed by atoms with Crippen LogP contribution in [0.1, 0.15) is 13.3 Å². The molecule has 1 amide bonds. The van der Waals surface area contributed by atoms with Crippen LogP contribution >= 0.6 is 11.6 Å². The lowest BCUT2D eigenvalue weighted by Gasteiger charge is -2.20. The molecule has 0 fully saturated rings. The number of halogens is 4. The first-order chi connectivity index (χ1) is 12.8. The van der Waals surface area contributed by atoms with Crippen molar-refractivity contribution in [3.63, 3.8) is 0 Å². The second kappa shape index (κ2) is 9.95. The summed E-state index contributed by atoms with van der Waals surface area (Å²) in [7, 11) is 0. The number of carbonyl (C=O) groups is 1. The van der Waals surface area contributed by atoms with Crippen LogP contribution in [0.25, 0.3) is 5.69 Å². The van der Waals surface area contributed by atoms with Crippen LogP contribution in [0.2, 0.25) is 5.15 Å². The van der Waals surface area contributed by atoms with Crippen molar-refractivity contribution in [2.75, 3.05) is 23.0 Å². The van der Waals surface area contributed by atoms with Crippen molar-refractivity contribution in [1.29, 1.82) is 0 Å². The maximum absolute atomic E-state index is 12.9. The molecule has 0 spiro atoms. The average Bonchev–Trinajstić information content (AvgIpc) is 3.03. The minimum atomic E-state index is -3.19. The van der Waals surface area contributed by atoms with E-state index in [1.165, 1.54) is 9.58 Å². The first-order valence-electron chi connectivity index (χ1n) is 8.06. The molecule has 0 aliphatic carbocycles. The number of rotatable bonds is 9. The van der Waals surface area contributed by atoms with Crippen molar-refractivity contribution in [3.05, 3.63) is 35.9 Å². The van der Waals surface area contributed by atoms with E-state index in [4.69, 9.17) is 11.6 Å². The maximum Gasteiger partial charge on any atom is 0.274 e. The van der Waals surface area contributed by atoms with Crippen molar-refractivity contribution in [2.24, 2.45) is 0 Å². The van der Waals surface area contributed by atoms with E-state index < -0.39 is 35.4 Å². The summed E-state index contributed by atoms with van der Waals surface area (Å²) < 4.78 is 50.4. The quantitative estimate of drug-likeness (QED) is 0.582. The fourth-order valence-electron chi connectivity index (χ4n) is 2.30. The molecule has 2 heterocycles. The van der Waals surface area contributed by atoms with E-state index in [9.17, 15) is 22.5 Å². The Kier molecular flexibility index (Phi) is 7.93. The molecule has 2 unspecified atom stereocenters. The average molecular weight is 423 g/mol. The predicted octanol–water partition coefficient (Wildman–Crippen LogP) is 3.02. The number of nitrogens with zero attached hydrogens (tertiary/aromatic N) is 4. The van der Waals surface area contributed by atoms with E-state index in [0.29, 0.717) is 11.4 Å². The van der Waals surface area contributed by atoms with Gasteiger partial charge < -0.3 is 9.45 Å². The van der Waals surface area contributed by atoms with Gasteiger partial charge in [0.05, 0.1) is 24.5 Å². The van der Waals surface area contributed by atoms with Gasteiger partial charge in [-0.2, -0.15) is 5.10 Å². The van der Waals surface area contributed by atoms with Gasteiger partial charge in [0.15, 0.2) is 5.15 Å². The summed E-state index contributed by atoms with van der Waals surface area (Å²) in [5, 5.41) is 4.24. The van der Waals surface area contributed by atoms with Gasteiger partial charge in [-0.25, -0.2) is 17.9 Å². The van der Waals surface area contributed by atoms with Gasteiger partial charge in [-0.15, -0.1) is 0 Å². The summed E-state index contributed by atoms with van der Waals surface area (Å²) >= 11 is 4.28. The smallest absolute Gasteiger partial charge is 0.274 e. The fraction of sp³-hybridized carbons (Fsp3) is 0.438. The standard InChI is InChI=1S/C16H18ClF3N4O2S/c1-2-23(14(25)5-7-27(26)10-12(18)16(19)20)13-9-24(22-15(13)17)11-4-3-6-21-8-11/h3-4,6,8-9,12,16H,2,5,7,10H2,1H3. The largest absolute Gasteiger partial charge is 0.616 e. The maximum atomic E-state index is 12.9. The lowest BCUT2D eigenvalue weighted by Crippen LogP contribution is -2.33. The number of hydrogen-bond acceptors (Lipinski definition) is 4. The van der Waals surface area contributed by atoms with Crippen LogP contribution < -0.4 is 4.90 Å².